The number of rotatable bonds is 7. The van der Waals surface area contributed by atoms with Gasteiger partial charge in [0, 0.05) is 10.6 Å². The molecule has 0 fully saturated rings. The van der Waals surface area contributed by atoms with E-state index in [0.29, 0.717) is 12.1 Å². The van der Waals surface area contributed by atoms with Crippen LogP contribution in [0, 0.1) is 5.92 Å². The van der Waals surface area contributed by atoms with E-state index in [2.05, 4.69) is 5.32 Å². The number of methoxy groups -OCH3 is 1. The molecule has 1 unspecified atom stereocenters. The van der Waals surface area contributed by atoms with Gasteiger partial charge in [0.15, 0.2) is 0 Å². The number of carbonyl (C=O) groups is 2. The summed E-state index contributed by atoms with van der Waals surface area (Å²) >= 11 is 1.38. The van der Waals surface area contributed by atoms with Crippen molar-refractivity contribution in [1.82, 2.24) is 5.32 Å². The van der Waals surface area contributed by atoms with Crippen LogP contribution in [-0.4, -0.2) is 30.8 Å². The fourth-order valence-electron chi connectivity index (χ4n) is 1.82. The Labute approximate surface area is 129 Å². The predicted molar refractivity (Wildman–Crippen MR) is 85.0 cm³/mol. The zero-order valence-corrected chi connectivity index (χ0v) is 13.4. The Bertz CT molecular complexity index is 492. The number of hydrogen-bond acceptors (Lipinski definition) is 5. The van der Waals surface area contributed by atoms with E-state index in [0.717, 1.165) is 4.90 Å². The second-order valence-electron chi connectivity index (χ2n) is 5.13. The lowest BCUT2D eigenvalue weighted by Gasteiger charge is -2.18. The molecule has 1 aromatic carbocycles. The monoisotopic (exact) mass is 310 g/mol. The first-order valence-corrected chi connectivity index (χ1v) is 7.76. The van der Waals surface area contributed by atoms with E-state index in [1.807, 2.05) is 32.0 Å². The van der Waals surface area contributed by atoms with E-state index in [9.17, 15) is 9.59 Å². The number of nitrogens with one attached hydrogen (secondary N) is 1. The average molecular weight is 310 g/mol. The summed E-state index contributed by atoms with van der Waals surface area (Å²) in [6, 6.07) is 6.74. The average Bonchev–Trinajstić information content (AvgIpc) is 2.43. The third-order valence-corrected chi connectivity index (χ3v) is 3.75. The summed E-state index contributed by atoms with van der Waals surface area (Å²) in [5.74, 6) is -0.0878. The second kappa shape index (κ2) is 8.56. The van der Waals surface area contributed by atoms with Crippen LogP contribution in [0.4, 0.5) is 5.69 Å². The normalized spacial score (nSPS) is 12.0. The van der Waals surface area contributed by atoms with Crippen LogP contribution in [0.1, 0.15) is 20.3 Å². The molecule has 5 nitrogen and oxygen atoms in total. The third kappa shape index (κ3) is 6.53. The number of nitrogen functional groups attached to an aromatic ring is 1. The van der Waals surface area contributed by atoms with Gasteiger partial charge in [0.1, 0.15) is 6.04 Å². The maximum atomic E-state index is 11.9. The largest absolute Gasteiger partial charge is 0.467 e. The number of anilines is 1. The van der Waals surface area contributed by atoms with E-state index in [4.69, 9.17) is 10.5 Å². The molecule has 1 amide bonds. The van der Waals surface area contributed by atoms with Crippen LogP contribution in [0.25, 0.3) is 0 Å². The van der Waals surface area contributed by atoms with E-state index < -0.39 is 12.0 Å². The van der Waals surface area contributed by atoms with Crippen molar-refractivity contribution in [2.45, 2.75) is 31.2 Å². The summed E-state index contributed by atoms with van der Waals surface area (Å²) in [5.41, 5.74) is 6.34. The number of ether oxygens (including phenoxy) is 1. The van der Waals surface area contributed by atoms with Gasteiger partial charge >= 0.3 is 5.97 Å². The summed E-state index contributed by atoms with van der Waals surface area (Å²) < 4.78 is 4.72. The van der Waals surface area contributed by atoms with Crippen molar-refractivity contribution in [2.75, 3.05) is 18.6 Å². The molecule has 1 rings (SSSR count). The minimum atomic E-state index is -0.594. The van der Waals surface area contributed by atoms with Crippen molar-refractivity contribution in [3.8, 4) is 0 Å². The SMILES string of the molecule is COC(=O)C(CC(C)C)NC(=O)CSc1cccc(N)c1. The van der Waals surface area contributed by atoms with Gasteiger partial charge in [0.05, 0.1) is 12.9 Å². The van der Waals surface area contributed by atoms with Crippen LogP contribution < -0.4 is 11.1 Å². The van der Waals surface area contributed by atoms with Gasteiger partial charge in [-0.05, 0) is 30.5 Å². The molecule has 0 aliphatic heterocycles. The molecule has 0 spiro atoms. The van der Waals surface area contributed by atoms with Gasteiger partial charge < -0.3 is 15.8 Å². The summed E-state index contributed by atoms with van der Waals surface area (Å²) in [4.78, 5) is 24.5. The maximum absolute atomic E-state index is 11.9. The zero-order chi connectivity index (χ0) is 15.8. The Balaban J connectivity index is 2.51. The highest BCUT2D eigenvalue weighted by atomic mass is 32.2. The third-order valence-electron chi connectivity index (χ3n) is 2.76. The first kappa shape index (κ1) is 17.4. The molecule has 3 N–H and O–H groups in total. The quantitative estimate of drug-likeness (QED) is 0.458. The molecule has 0 aromatic heterocycles. The first-order valence-electron chi connectivity index (χ1n) is 6.78. The summed E-state index contributed by atoms with van der Waals surface area (Å²) in [7, 11) is 1.32. The molecule has 0 aliphatic carbocycles. The van der Waals surface area contributed by atoms with Crippen LogP contribution >= 0.6 is 11.8 Å². The zero-order valence-electron chi connectivity index (χ0n) is 12.6. The highest BCUT2D eigenvalue weighted by Gasteiger charge is 2.22. The van der Waals surface area contributed by atoms with Crippen molar-refractivity contribution < 1.29 is 14.3 Å². The molecule has 1 atom stereocenters. The van der Waals surface area contributed by atoms with Gasteiger partial charge in [0.2, 0.25) is 5.91 Å². The smallest absolute Gasteiger partial charge is 0.328 e. The van der Waals surface area contributed by atoms with Crippen LogP contribution in [0.15, 0.2) is 29.2 Å². The molecule has 21 heavy (non-hydrogen) atoms. The molecule has 6 heteroatoms. The van der Waals surface area contributed by atoms with Crippen molar-refractivity contribution in [2.24, 2.45) is 5.92 Å². The fraction of sp³-hybridized carbons (Fsp3) is 0.467. The number of esters is 1. The molecule has 116 valence electrons. The van der Waals surface area contributed by atoms with Gasteiger partial charge in [-0.15, -0.1) is 11.8 Å². The summed E-state index contributed by atoms with van der Waals surface area (Å²) in [6.07, 6.45) is 0.557. The Morgan fingerprint density at radius 3 is 2.67 bits per heavy atom. The van der Waals surface area contributed by atoms with E-state index in [1.54, 1.807) is 6.07 Å². The minimum Gasteiger partial charge on any atom is -0.467 e. The Morgan fingerprint density at radius 1 is 1.38 bits per heavy atom. The number of thioether (sulfide) groups is 1. The number of hydrogen-bond donors (Lipinski definition) is 2. The van der Waals surface area contributed by atoms with E-state index >= 15 is 0 Å². The minimum absolute atomic E-state index is 0.196. The summed E-state index contributed by atoms with van der Waals surface area (Å²) in [6.45, 7) is 3.98. The fourth-order valence-corrected chi connectivity index (χ4v) is 2.59. The van der Waals surface area contributed by atoms with Gasteiger partial charge in [-0.3, -0.25) is 4.79 Å². The Hall–Kier alpha value is -1.69. The highest BCUT2D eigenvalue weighted by molar-refractivity contribution is 8.00. The molecular weight excluding hydrogens is 288 g/mol. The van der Waals surface area contributed by atoms with Gasteiger partial charge in [0.25, 0.3) is 0 Å². The number of benzene rings is 1. The molecular formula is C15H22N2O3S. The van der Waals surface area contributed by atoms with Crippen LogP contribution in [-0.2, 0) is 14.3 Å². The maximum Gasteiger partial charge on any atom is 0.328 e. The molecule has 0 aliphatic rings. The summed E-state index contributed by atoms with van der Waals surface area (Å²) in [5, 5.41) is 2.72. The van der Waals surface area contributed by atoms with Crippen molar-refractivity contribution in [3.63, 3.8) is 0 Å². The van der Waals surface area contributed by atoms with Crippen molar-refractivity contribution in [1.29, 1.82) is 0 Å². The first-order chi connectivity index (χ1) is 9.92. The number of nitrogens with two attached hydrogens (primary N) is 1. The lowest BCUT2D eigenvalue weighted by Crippen LogP contribution is -2.43. The van der Waals surface area contributed by atoms with Gasteiger partial charge in [-0.1, -0.05) is 19.9 Å². The van der Waals surface area contributed by atoms with Crippen molar-refractivity contribution >= 4 is 29.3 Å². The highest BCUT2D eigenvalue weighted by Crippen LogP contribution is 2.19. The molecule has 0 saturated carbocycles. The molecule has 0 bridgehead atoms. The molecule has 0 saturated heterocycles. The number of amides is 1. The molecule has 1 aromatic rings. The van der Waals surface area contributed by atoms with Crippen LogP contribution in [0.3, 0.4) is 0 Å². The van der Waals surface area contributed by atoms with E-state index in [-0.39, 0.29) is 17.6 Å². The van der Waals surface area contributed by atoms with E-state index in [1.165, 1.54) is 18.9 Å². The predicted octanol–water partition coefficient (Wildman–Crippen LogP) is 2.06. The lowest BCUT2D eigenvalue weighted by molar-refractivity contribution is -0.145. The second-order valence-corrected chi connectivity index (χ2v) is 6.18. The molecule has 0 heterocycles. The Kier molecular flexibility index (Phi) is 7.08. The van der Waals surface area contributed by atoms with Crippen molar-refractivity contribution in [3.05, 3.63) is 24.3 Å². The van der Waals surface area contributed by atoms with Gasteiger partial charge in [-0.25, -0.2) is 4.79 Å². The van der Waals surface area contributed by atoms with Crippen LogP contribution in [0.2, 0.25) is 0 Å². The standard InChI is InChI=1S/C15H22N2O3S/c1-10(2)7-13(15(19)20-3)17-14(18)9-21-12-6-4-5-11(16)8-12/h4-6,8,10,13H,7,9,16H2,1-3H3,(H,17,18). The molecule has 0 radical (unpaired) electrons. The topological polar surface area (TPSA) is 81.4 Å². The van der Waals surface area contributed by atoms with Crippen LogP contribution in [0.5, 0.6) is 0 Å². The Morgan fingerprint density at radius 2 is 2.10 bits per heavy atom. The number of carbonyl (C=O) groups excluding carboxylic acids is 2. The lowest BCUT2D eigenvalue weighted by atomic mass is 10.0. The van der Waals surface area contributed by atoms with Gasteiger partial charge in [-0.2, -0.15) is 0 Å².